The molecule has 0 N–H and O–H groups in total. The Morgan fingerprint density at radius 2 is 1.08 bits per heavy atom. The summed E-state index contributed by atoms with van der Waals surface area (Å²) in [5, 5.41) is 5.02. The van der Waals surface area contributed by atoms with Crippen LogP contribution in [0.5, 0.6) is 0 Å². The molecule has 2 aliphatic rings. The van der Waals surface area contributed by atoms with Gasteiger partial charge in [0, 0.05) is 27.3 Å². The van der Waals surface area contributed by atoms with Crippen molar-refractivity contribution in [1.82, 2.24) is 19.5 Å². The molecule has 0 unspecified atom stereocenters. The standard InChI is InChI=1S/C48H32N4/c1-48(2)39-25-23-32(28-38(39)43-35-20-11-17-29-18-12-21-36(42(29)35)44(43)48)33-24-26-41-37(27-33)34-19-9-10-22-40(34)52(41)47-50-45(30-13-5-3-6-14-30)49-46(51-47)31-15-7-4-8-16-31/h3-28H,1-2H3. The van der Waals surface area contributed by atoms with E-state index in [0.29, 0.717) is 17.6 Å². The molecule has 9 aromatic rings. The lowest BCUT2D eigenvalue weighted by Gasteiger charge is -2.25. The zero-order valence-electron chi connectivity index (χ0n) is 28.8. The predicted octanol–water partition coefficient (Wildman–Crippen LogP) is 11.7. The van der Waals surface area contributed by atoms with Gasteiger partial charge in [0.2, 0.25) is 5.95 Å². The third-order valence-corrected chi connectivity index (χ3v) is 11.2. The summed E-state index contributed by atoms with van der Waals surface area (Å²) in [7, 11) is 0. The van der Waals surface area contributed by atoms with Gasteiger partial charge in [-0.2, -0.15) is 9.97 Å². The highest BCUT2D eigenvalue weighted by Gasteiger charge is 2.43. The molecule has 4 nitrogen and oxygen atoms in total. The molecule has 244 valence electrons. The molecule has 0 bridgehead atoms. The summed E-state index contributed by atoms with van der Waals surface area (Å²) in [4.78, 5) is 15.2. The Bertz CT molecular complexity index is 2910. The quantitative estimate of drug-likeness (QED) is 0.188. The molecule has 0 fully saturated rings. The first-order valence-electron chi connectivity index (χ1n) is 17.9. The molecule has 4 heteroatoms. The van der Waals surface area contributed by atoms with E-state index in [4.69, 9.17) is 15.0 Å². The van der Waals surface area contributed by atoms with Crippen LogP contribution in [-0.4, -0.2) is 19.5 Å². The summed E-state index contributed by atoms with van der Waals surface area (Å²) >= 11 is 0. The van der Waals surface area contributed by atoms with Crippen molar-refractivity contribution in [2.24, 2.45) is 0 Å². The smallest absolute Gasteiger partial charge is 0.238 e. The fraction of sp³-hybridized carbons (Fsp3) is 0.0625. The van der Waals surface area contributed by atoms with Crippen LogP contribution in [0.2, 0.25) is 0 Å². The minimum Gasteiger partial charge on any atom is -0.278 e. The predicted molar refractivity (Wildman–Crippen MR) is 213 cm³/mol. The van der Waals surface area contributed by atoms with Crippen molar-refractivity contribution in [3.63, 3.8) is 0 Å². The zero-order valence-corrected chi connectivity index (χ0v) is 28.8. The molecule has 0 spiro atoms. The number of para-hydroxylation sites is 1. The minimum atomic E-state index is -0.0877. The van der Waals surface area contributed by atoms with Gasteiger partial charge >= 0.3 is 0 Å². The summed E-state index contributed by atoms with van der Waals surface area (Å²) in [6.45, 7) is 4.76. The molecular formula is C48H32N4. The molecular weight excluding hydrogens is 633 g/mol. The van der Waals surface area contributed by atoms with E-state index in [2.05, 4.69) is 115 Å². The molecule has 0 saturated carbocycles. The van der Waals surface area contributed by atoms with Gasteiger partial charge in [-0.15, -0.1) is 0 Å². The van der Waals surface area contributed by atoms with E-state index in [1.54, 1.807) is 0 Å². The Morgan fingerprint density at radius 1 is 0.462 bits per heavy atom. The number of aromatic nitrogens is 4. The maximum atomic E-state index is 5.10. The van der Waals surface area contributed by atoms with Crippen molar-refractivity contribution >= 4 is 43.7 Å². The van der Waals surface area contributed by atoms with Crippen molar-refractivity contribution in [2.45, 2.75) is 19.3 Å². The van der Waals surface area contributed by atoms with E-state index in [1.165, 1.54) is 55.3 Å². The molecule has 11 rings (SSSR count). The Morgan fingerprint density at radius 3 is 1.81 bits per heavy atom. The molecule has 52 heavy (non-hydrogen) atoms. The molecule has 7 aromatic carbocycles. The Balaban J connectivity index is 1.10. The van der Waals surface area contributed by atoms with Crippen LogP contribution in [-0.2, 0) is 5.41 Å². The first-order valence-corrected chi connectivity index (χ1v) is 17.9. The maximum Gasteiger partial charge on any atom is 0.238 e. The van der Waals surface area contributed by atoms with Gasteiger partial charge in [0.05, 0.1) is 11.0 Å². The van der Waals surface area contributed by atoms with E-state index in [-0.39, 0.29) is 5.41 Å². The molecule has 2 aromatic heterocycles. The molecule has 0 atom stereocenters. The Labute approximate surface area is 301 Å². The van der Waals surface area contributed by atoms with Gasteiger partial charge in [0.15, 0.2) is 11.6 Å². The first kappa shape index (κ1) is 29.1. The highest BCUT2D eigenvalue weighted by molar-refractivity contribution is 6.22. The van der Waals surface area contributed by atoms with Crippen LogP contribution in [0.3, 0.4) is 0 Å². The normalized spacial score (nSPS) is 14.0. The lowest BCUT2D eigenvalue weighted by Crippen LogP contribution is -2.16. The van der Waals surface area contributed by atoms with Gasteiger partial charge < -0.3 is 0 Å². The van der Waals surface area contributed by atoms with Crippen LogP contribution in [0.15, 0.2) is 158 Å². The van der Waals surface area contributed by atoms with Crippen LogP contribution in [0.4, 0.5) is 0 Å². The topological polar surface area (TPSA) is 43.6 Å². The number of hydrogen-bond acceptors (Lipinski definition) is 3. The molecule has 0 aliphatic heterocycles. The van der Waals surface area contributed by atoms with E-state index >= 15 is 0 Å². The molecule has 0 saturated heterocycles. The lowest BCUT2D eigenvalue weighted by molar-refractivity contribution is 0.705. The van der Waals surface area contributed by atoms with Gasteiger partial charge in [-0.3, -0.25) is 4.57 Å². The first-order chi connectivity index (χ1) is 25.5. The van der Waals surface area contributed by atoms with Gasteiger partial charge in [-0.25, -0.2) is 4.98 Å². The maximum absolute atomic E-state index is 5.10. The Hall–Kier alpha value is -6.65. The summed E-state index contributed by atoms with van der Waals surface area (Å²) in [6, 6.07) is 56.3. The van der Waals surface area contributed by atoms with Crippen LogP contribution < -0.4 is 0 Å². The number of allylic oxidation sites excluding steroid dienone is 1. The number of hydrogen-bond donors (Lipinski definition) is 0. The fourth-order valence-electron chi connectivity index (χ4n) is 8.83. The van der Waals surface area contributed by atoms with Crippen LogP contribution in [0.1, 0.15) is 36.1 Å². The number of nitrogens with zero attached hydrogens (tertiary/aromatic N) is 4. The second-order valence-electron chi connectivity index (χ2n) is 14.4. The molecule has 2 heterocycles. The van der Waals surface area contributed by atoms with Crippen molar-refractivity contribution in [1.29, 1.82) is 0 Å². The Kier molecular flexibility index (Phi) is 5.98. The van der Waals surface area contributed by atoms with Crippen molar-refractivity contribution in [3.05, 3.63) is 180 Å². The average Bonchev–Trinajstić information content (AvgIpc) is 3.80. The fourth-order valence-corrected chi connectivity index (χ4v) is 8.83. The van der Waals surface area contributed by atoms with Crippen molar-refractivity contribution in [3.8, 4) is 39.9 Å². The summed E-state index contributed by atoms with van der Waals surface area (Å²) < 4.78 is 2.19. The number of fused-ring (bicyclic) bond motifs is 7. The van der Waals surface area contributed by atoms with Crippen molar-refractivity contribution in [2.75, 3.05) is 0 Å². The van der Waals surface area contributed by atoms with Crippen LogP contribution in [0, 0.1) is 0 Å². The third-order valence-electron chi connectivity index (χ3n) is 11.2. The highest BCUT2D eigenvalue weighted by atomic mass is 15.2. The molecule has 2 aliphatic carbocycles. The van der Waals surface area contributed by atoms with Gasteiger partial charge in [0.25, 0.3) is 0 Å². The molecule has 0 amide bonds. The zero-order chi connectivity index (χ0) is 34.6. The SMILES string of the molecule is CC1(C)C2=C(c3cc(-c4ccc5c(c4)c4ccccc4n5-c4nc(-c5ccccc5)nc(-c5ccccc5)n4)ccc31)c1cccc3cccc2c13. The van der Waals surface area contributed by atoms with E-state index < -0.39 is 0 Å². The second-order valence-corrected chi connectivity index (χ2v) is 14.4. The van der Waals surface area contributed by atoms with Crippen LogP contribution >= 0.6 is 0 Å². The largest absolute Gasteiger partial charge is 0.278 e. The van der Waals surface area contributed by atoms with Crippen LogP contribution in [0.25, 0.3) is 83.6 Å². The summed E-state index contributed by atoms with van der Waals surface area (Å²) in [6.07, 6.45) is 0. The lowest BCUT2D eigenvalue weighted by atomic mass is 9.78. The summed E-state index contributed by atoms with van der Waals surface area (Å²) in [5.74, 6) is 1.89. The second kappa shape index (κ2) is 10.7. The third kappa shape index (κ3) is 4.06. The highest BCUT2D eigenvalue weighted by Crippen LogP contribution is 2.59. The van der Waals surface area contributed by atoms with E-state index in [0.717, 1.165) is 32.9 Å². The van der Waals surface area contributed by atoms with Gasteiger partial charge in [-0.05, 0) is 79.6 Å². The van der Waals surface area contributed by atoms with E-state index in [1.807, 2.05) is 60.7 Å². The van der Waals surface area contributed by atoms with E-state index in [9.17, 15) is 0 Å². The number of benzene rings is 7. The molecule has 0 radical (unpaired) electrons. The van der Waals surface area contributed by atoms with Crippen molar-refractivity contribution < 1.29 is 0 Å². The monoisotopic (exact) mass is 664 g/mol. The minimum absolute atomic E-state index is 0.0877. The van der Waals surface area contributed by atoms with Gasteiger partial charge in [-0.1, -0.05) is 147 Å². The summed E-state index contributed by atoms with van der Waals surface area (Å²) in [5.41, 5.74) is 14.6. The van der Waals surface area contributed by atoms with Gasteiger partial charge in [0.1, 0.15) is 0 Å². The number of rotatable bonds is 4. The average molecular weight is 665 g/mol.